The van der Waals surface area contributed by atoms with E-state index < -0.39 is 0 Å². The Kier molecular flexibility index (Phi) is 4.50. The predicted molar refractivity (Wildman–Crippen MR) is 42.1 cm³/mol. The van der Waals surface area contributed by atoms with Gasteiger partial charge in [0.15, 0.2) is 5.29 Å². The molecule has 0 aromatic heterocycles. The summed E-state index contributed by atoms with van der Waals surface area (Å²) in [5.41, 5.74) is 0. The molecule has 0 aliphatic carbocycles. The predicted octanol–water partition coefficient (Wildman–Crippen LogP) is 1.55. The summed E-state index contributed by atoms with van der Waals surface area (Å²) in [5.74, 6) is 0. The van der Waals surface area contributed by atoms with Crippen molar-refractivity contribution in [2.75, 3.05) is 20.1 Å². The fourth-order valence-corrected chi connectivity index (χ4v) is 0.621. The Labute approximate surface area is 61.5 Å². The SMILES string of the molecule is CCN=C(Cl)N(C)CC. The number of halogens is 1. The monoisotopic (exact) mass is 148 g/mol. The van der Waals surface area contributed by atoms with Crippen LogP contribution in [0.2, 0.25) is 0 Å². The summed E-state index contributed by atoms with van der Waals surface area (Å²) in [7, 11) is 1.92. The fraction of sp³-hybridized carbons (Fsp3) is 0.833. The standard InChI is InChI=1S/C6H13ClN2/c1-4-8-6(7)9(3)5-2/h4-5H2,1-3H3. The van der Waals surface area contributed by atoms with Crippen molar-refractivity contribution in [3.63, 3.8) is 0 Å². The maximum absolute atomic E-state index is 5.71. The fourth-order valence-electron chi connectivity index (χ4n) is 0.382. The molecule has 0 N–H and O–H groups in total. The number of hydrogen-bond acceptors (Lipinski definition) is 1. The number of aliphatic imine (C=N–C) groups is 1. The van der Waals surface area contributed by atoms with Gasteiger partial charge in [0, 0.05) is 20.1 Å². The minimum Gasteiger partial charge on any atom is -0.351 e. The molecular weight excluding hydrogens is 136 g/mol. The molecule has 0 spiro atoms. The molecule has 0 saturated carbocycles. The third-order valence-corrected chi connectivity index (χ3v) is 1.49. The molecule has 0 rings (SSSR count). The van der Waals surface area contributed by atoms with E-state index in [1.807, 2.05) is 25.8 Å². The van der Waals surface area contributed by atoms with E-state index in [0.717, 1.165) is 13.1 Å². The molecular formula is C6H13ClN2. The van der Waals surface area contributed by atoms with E-state index >= 15 is 0 Å². The van der Waals surface area contributed by atoms with Crippen LogP contribution < -0.4 is 0 Å². The van der Waals surface area contributed by atoms with Crippen LogP contribution in [0.5, 0.6) is 0 Å². The molecule has 3 heteroatoms. The van der Waals surface area contributed by atoms with Crippen molar-refractivity contribution in [2.45, 2.75) is 13.8 Å². The van der Waals surface area contributed by atoms with Gasteiger partial charge in [0.1, 0.15) is 0 Å². The molecule has 0 radical (unpaired) electrons. The summed E-state index contributed by atoms with van der Waals surface area (Å²) in [6.45, 7) is 5.66. The van der Waals surface area contributed by atoms with E-state index in [1.54, 1.807) is 0 Å². The van der Waals surface area contributed by atoms with Crippen molar-refractivity contribution < 1.29 is 0 Å². The summed E-state index contributed by atoms with van der Waals surface area (Å²) < 4.78 is 0. The molecule has 2 nitrogen and oxygen atoms in total. The molecule has 0 heterocycles. The molecule has 0 aliphatic rings. The first-order valence-electron chi connectivity index (χ1n) is 3.13. The lowest BCUT2D eigenvalue weighted by Gasteiger charge is -2.12. The largest absolute Gasteiger partial charge is 0.351 e. The van der Waals surface area contributed by atoms with Crippen molar-refractivity contribution in [3.05, 3.63) is 0 Å². The summed E-state index contributed by atoms with van der Waals surface area (Å²) in [6, 6.07) is 0. The van der Waals surface area contributed by atoms with Crippen LogP contribution >= 0.6 is 11.6 Å². The Morgan fingerprint density at radius 1 is 1.56 bits per heavy atom. The first kappa shape index (κ1) is 8.76. The molecule has 0 aliphatic heterocycles. The van der Waals surface area contributed by atoms with Gasteiger partial charge in [-0.3, -0.25) is 4.99 Å². The normalized spacial score (nSPS) is 11.8. The van der Waals surface area contributed by atoms with E-state index in [4.69, 9.17) is 11.6 Å². The van der Waals surface area contributed by atoms with Gasteiger partial charge in [0.2, 0.25) is 0 Å². The highest BCUT2D eigenvalue weighted by Gasteiger charge is 1.95. The van der Waals surface area contributed by atoms with Crippen LogP contribution in [0.1, 0.15) is 13.8 Å². The minimum atomic E-state index is 0.597. The zero-order valence-electron chi connectivity index (χ0n) is 6.19. The van der Waals surface area contributed by atoms with E-state index in [1.165, 1.54) is 0 Å². The second-order valence-corrected chi connectivity index (χ2v) is 2.10. The molecule has 0 unspecified atom stereocenters. The zero-order chi connectivity index (χ0) is 7.28. The highest BCUT2D eigenvalue weighted by molar-refractivity contribution is 6.64. The van der Waals surface area contributed by atoms with Crippen molar-refractivity contribution >= 4 is 16.9 Å². The van der Waals surface area contributed by atoms with E-state index in [9.17, 15) is 0 Å². The van der Waals surface area contributed by atoms with E-state index in [2.05, 4.69) is 4.99 Å². The molecule has 0 saturated heterocycles. The molecule has 54 valence electrons. The lowest BCUT2D eigenvalue weighted by molar-refractivity contribution is 0.543. The van der Waals surface area contributed by atoms with Crippen LogP contribution in [0.3, 0.4) is 0 Å². The minimum absolute atomic E-state index is 0.597. The Morgan fingerprint density at radius 2 is 2.11 bits per heavy atom. The van der Waals surface area contributed by atoms with Crippen LogP contribution in [0.4, 0.5) is 0 Å². The van der Waals surface area contributed by atoms with Gasteiger partial charge in [-0.2, -0.15) is 0 Å². The zero-order valence-corrected chi connectivity index (χ0v) is 6.94. The summed E-state index contributed by atoms with van der Waals surface area (Å²) in [5, 5.41) is 0.597. The Hall–Kier alpha value is -0.240. The van der Waals surface area contributed by atoms with Gasteiger partial charge in [0.25, 0.3) is 0 Å². The van der Waals surface area contributed by atoms with Crippen molar-refractivity contribution in [3.8, 4) is 0 Å². The molecule has 9 heavy (non-hydrogen) atoms. The van der Waals surface area contributed by atoms with Gasteiger partial charge in [-0.25, -0.2) is 0 Å². The highest BCUT2D eigenvalue weighted by Crippen LogP contribution is 1.91. The summed E-state index contributed by atoms with van der Waals surface area (Å²) in [4.78, 5) is 5.90. The van der Waals surface area contributed by atoms with Crippen LogP contribution in [-0.2, 0) is 0 Å². The molecule has 0 atom stereocenters. The first-order valence-corrected chi connectivity index (χ1v) is 3.51. The van der Waals surface area contributed by atoms with Crippen LogP contribution in [0.15, 0.2) is 4.99 Å². The molecule has 0 aromatic carbocycles. The quantitative estimate of drug-likeness (QED) is 0.330. The van der Waals surface area contributed by atoms with Crippen molar-refractivity contribution in [2.24, 2.45) is 4.99 Å². The smallest absolute Gasteiger partial charge is 0.193 e. The first-order chi connectivity index (χ1) is 4.22. The van der Waals surface area contributed by atoms with Gasteiger partial charge in [-0.05, 0) is 25.4 Å². The maximum atomic E-state index is 5.71. The topological polar surface area (TPSA) is 15.6 Å². The Bertz CT molecular complexity index is 101. The van der Waals surface area contributed by atoms with Crippen molar-refractivity contribution in [1.29, 1.82) is 0 Å². The van der Waals surface area contributed by atoms with Crippen molar-refractivity contribution in [1.82, 2.24) is 4.90 Å². The van der Waals surface area contributed by atoms with Gasteiger partial charge in [-0.1, -0.05) is 0 Å². The molecule has 0 fully saturated rings. The molecule has 0 bridgehead atoms. The average Bonchev–Trinajstić information content (AvgIpc) is 1.87. The highest BCUT2D eigenvalue weighted by atomic mass is 35.5. The lowest BCUT2D eigenvalue weighted by atomic mass is 10.7. The Morgan fingerprint density at radius 3 is 2.44 bits per heavy atom. The van der Waals surface area contributed by atoms with Gasteiger partial charge < -0.3 is 4.90 Å². The number of rotatable bonds is 2. The van der Waals surface area contributed by atoms with Crippen LogP contribution in [0.25, 0.3) is 0 Å². The van der Waals surface area contributed by atoms with E-state index in [0.29, 0.717) is 5.29 Å². The summed E-state index contributed by atoms with van der Waals surface area (Å²) >= 11 is 5.71. The molecule has 0 aromatic rings. The lowest BCUT2D eigenvalue weighted by Crippen LogP contribution is -2.21. The van der Waals surface area contributed by atoms with Crippen LogP contribution in [-0.4, -0.2) is 30.3 Å². The third kappa shape index (κ3) is 3.36. The van der Waals surface area contributed by atoms with Gasteiger partial charge >= 0.3 is 0 Å². The summed E-state index contributed by atoms with van der Waals surface area (Å²) in [6.07, 6.45) is 0. The number of hydrogen-bond donors (Lipinski definition) is 0. The number of nitrogens with zero attached hydrogens (tertiary/aromatic N) is 2. The third-order valence-electron chi connectivity index (χ3n) is 1.08. The average molecular weight is 149 g/mol. The second kappa shape index (κ2) is 4.62. The van der Waals surface area contributed by atoms with Gasteiger partial charge in [0.05, 0.1) is 0 Å². The maximum Gasteiger partial charge on any atom is 0.193 e. The number of amidine groups is 1. The van der Waals surface area contributed by atoms with E-state index in [-0.39, 0.29) is 0 Å². The Balaban J connectivity index is 3.70. The second-order valence-electron chi connectivity index (χ2n) is 1.76. The van der Waals surface area contributed by atoms with Gasteiger partial charge in [-0.15, -0.1) is 0 Å². The van der Waals surface area contributed by atoms with Crippen LogP contribution in [0, 0.1) is 0 Å². The molecule has 0 amide bonds.